The average Bonchev–Trinajstić information content (AvgIpc) is 3.54. The van der Waals surface area contributed by atoms with E-state index in [1.54, 1.807) is 24.3 Å². The zero-order chi connectivity index (χ0) is 27.5. The average molecular weight is 557 g/mol. The van der Waals surface area contributed by atoms with Crippen molar-refractivity contribution in [1.82, 2.24) is 20.0 Å². The number of nitrogens with zero attached hydrogens (tertiary/aromatic N) is 4. The molecule has 4 N–H and O–H groups in total. The molecule has 4 heterocycles. The molecular weight excluding hydrogens is 532 g/mol. The van der Waals surface area contributed by atoms with Crippen molar-refractivity contribution in [2.45, 2.75) is 6.10 Å². The third kappa shape index (κ3) is 5.27. The smallest absolute Gasteiger partial charge is 0.379 e. The first kappa shape index (κ1) is 26.1. The van der Waals surface area contributed by atoms with Crippen LogP contribution in [0.2, 0.25) is 0 Å². The summed E-state index contributed by atoms with van der Waals surface area (Å²) in [7, 11) is 2.91. The molecule has 204 valence electrons. The van der Waals surface area contributed by atoms with E-state index in [0.717, 1.165) is 11.3 Å². The minimum Gasteiger partial charge on any atom is -0.496 e. The Balaban J connectivity index is 1.50. The van der Waals surface area contributed by atoms with Gasteiger partial charge in [0.25, 0.3) is 5.91 Å². The number of nitrogen functional groups attached to an aromatic ring is 1. The third-order valence-corrected chi connectivity index (χ3v) is 6.74. The second kappa shape index (κ2) is 11.1. The molecule has 5 rings (SSSR count). The van der Waals surface area contributed by atoms with E-state index in [1.165, 1.54) is 31.2 Å². The number of carbonyl (C=O) groups is 1. The lowest BCUT2D eigenvalue weighted by molar-refractivity contribution is -0.101. The first-order valence-corrected chi connectivity index (χ1v) is 12.4. The van der Waals surface area contributed by atoms with Crippen LogP contribution in [-0.2, 0) is 4.74 Å². The van der Waals surface area contributed by atoms with E-state index in [9.17, 15) is 14.7 Å². The van der Waals surface area contributed by atoms with Gasteiger partial charge in [-0.05, 0) is 18.2 Å². The fraction of sp³-hybridized carbons (Fsp3) is 0.292. The summed E-state index contributed by atoms with van der Waals surface area (Å²) in [5.41, 5.74) is 5.43. The van der Waals surface area contributed by atoms with Gasteiger partial charge in [-0.3, -0.25) is 10.1 Å². The van der Waals surface area contributed by atoms with Gasteiger partial charge < -0.3 is 34.2 Å². The summed E-state index contributed by atoms with van der Waals surface area (Å²) in [6.07, 6.45) is 0.629. The number of hydrogen-bond donors (Lipinski definition) is 3. The van der Waals surface area contributed by atoms with E-state index in [0.29, 0.717) is 41.2 Å². The maximum absolute atomic E-state index is 13.1. The van der Waals surface area contributed by atoms with Gasteiger partial charge in [-0.25, -0.2) is 4.79 Å². The van der Waals surface area contributed by atoms with E-state index in [1.807, 2.05) is 0 Å². The zero-order valence-electron chi connectivity index (χ0n) is 20.8. The van der Waals surface area contributed by atoms with E-state index in [2.05, 4.69) is 20.6 Å². The van der Waals surface area contributed by atoms with Gasteiger partial charge in [0.1, 0.15) is 23.9 Å². The number of nitrogens with one attached hydrogen (secondary N) is 1. The molecule has 1 fully saturated rings. The highest BCUT2D eigenvalue weighted by atomic mass is 32.1. The number of ether oxygens (including phenoxy) is 4. The highest BCUT2D eigenvalue weighted by Gasteiger charge is 2.29. The molecular formula is C24H24N6O8S. The molecule has 0 saturated carbocycles. The molecule has 15 heteroatoms. The van der Waals surface area contributed by atoms with Crippen molar-refractivity contribution in [2.75, 3.05) is 45.1 Å². The SMILES string of the molecule is COc1cccc(OC)c1-c1cc(C(=O)Nc2nnc(-n3nccc3N)s2)oc(=O)c1OCC(O)C1COC1. The fourth-order valence-electron chi connectivity index (χ4n) is 3.80. The van der Waals surface area contributed by atoms with Crippen molar-refractivity contribution in [3.05, 3.63) is 52.7 Å². The van der Waals surface area contributed by atoms with E-state index in [-0.39, 0.29) is 34.7 Å². The number of anilines is 2. The second-order valence-electron chi connectivity index (χ2n) is 8.37. The van der Waals surface area contributed by atoms with Gasteiger partial charge in [-0.15, -0.1) is 10.2 Å². The lowest BCUT2D eigenvalue weighted by Gasteiger charge is -2.30. The fourth-order valence-corrected chi connectivity index (χ4v) is 4.52. The largest absolute Gasteiger partial charge is 0.496 e. The summed E-state index contributed by atoms with van der Waals surface area (Å²) < 4.78 is 28.5. The number of amides is 1. The molecule has 3 aromatic heterocycles. The van der Waals surface area contributed by atoms with Crippen molar-refractivity contribution in [2.24, 2.45) is 5.92 Å². The third-order valence-electron chi connectivity index (χ3n) is 5.92. The predicted octanol–water partition coefficient (Wildman–Crippen LogP) is 1.58. The molecule has 1 unspecified atom stereocenters. The van der Waals surface area contributed by atoms with Crippen molar-refractivity contribution in [1.29, 1.82) is 0 Å². The molecule has 1 amide bonds. The van der Waals surface area contributed by atoms with Gasteiger partial charge in [0.2, 0.25) is 16.0 Å². The summed E-state index contributed by atoms with van der Waals surface area (Å²) in [5, 5.41) is 25.4. The number of carbonyl (C=O) groups excluding carboxylic acids is 1. The van der Waals surface area contributed by atoms with Crippen LogP contribution in [0, 0.1) is 5.92 Å². The first-order valence-electron chi connectivity index (χ1n) is 11.6. The van der Waals surface area contributed by atoms with Crippen LogP contribution >= 0.6 is 11.3 Å². The molecule has 14 nitrogen and oxygen atoms in total. The molecule has 1 aliphatic heterocycles. The Morgan fingerprint density at radius 1 is 1.26 bits per heavy atom. The zero-order valence-corrected chi connectivity index (χ0v) is 21.6. The number of hydrogen-bond acceptors (Lipinski definition) is 13. The number of benzene rings is 1. The Bertz CT molecular complexity index is 1520. The molecule has 1 atom stereocenters. The van der Waals surface area contributed by atoms with Crippen LogP contribution in [0.3, 0.4) is 0 Å². The van der Waals surface area contributed by atoms with Gasteiger partial charge in [-0.2, -0.15) is 9.78 Å². The summed E-state index contributed by atoms with van der Waals surface area (Å²) in [4.78, 5) is 26.3. The highest BCUT2D eigenvalue weighted by Crippen LogP contribution is 2.42. The number of aromatic nitrogens is 4. The van der Waals surface area contributed by atoms with Gasteiger partial charge in [-0.1, -0.05) is 17.4 Å². The Morgan fingerprint density at radius 2 is 2.00 bits per heavy atom. The summed E-state index contributed by atoms with van der Waals surface area (Å²) in [5.74, 6) is -0.378. The van der Waals surface area contributed by atoms with Crippen LogP contribution in [-0.4, -0.2) is 71.1 Å². The Kier molecular flexibility index (Phi) is 7.44. The quantitative estimate of drug-likeness (QED) is 0.256. The minimum absolute atomic E-state index is 0.111. The van der Waals surface area contributed by atoms with E-state index in [4.69, 9.17) is 29.1 Å². The molecule has 0 bridgehead atoms. The maximum atomic E-state index is 13.1. The van der Waals surface area contributed by atoms with Crippen molar-refractivity contribution >= 4 is 28.2 Å². The molecule has 0 spiro atoms. The predicted molar refractivity (Wildman–Crippen MR) is 139 cm³/mol. The van der Waals surface area contributed by atoms with Crippen molar-refractivity contribution < 1.29 is 33.3 Å². The van der Waals surface area contributed by atoms with Gasteiger partial charge in [0.05, 0.1) is 45.3 Å². The summed E-state index contributed by atoms with van der Waals surface area (Å²) in [6.45, 7) is 0.594. The highest BCUT2D eigenvalue weighted by molar-refractivity contribution is 7.17. The Morgan fingerprint density at radius 3 is 2.62 bits per heavy atom. The number of nitrogens with two attached hydrogens (primary N) is 1. The van der Waals surface area contributed by atoms with Crippen LogP contribution < -0.4 is 30.9 Å². The van der Waals surface area contributed by atoms with Crippen LogP contribution in [0.4, 0.5) is 10.9 Å². The van der Waals surface area contributed by atoms with Crippen molar-refractivity contribution in [3.63, 3.8) is 0 Å². The molecule has 1 saturated heterocycles. The van der Waals surface area contributed by atoms with Crippen LogP contribution in [0.15, 0.2) is 45.7 Å². The molecule has 1 aliphatic rings. The maximum Gasteiger partial charge on any atom is 0.379 e. The Labute approximate surface area is 224 Å². The summed E-state index contributed by atoms with van der Waals surface area (Å²) in [6, 6.07) is 7.96. The molecule has 39 heavy (non-hydrogen) atoms. The Hall–Kier alpha value is -4.47. The van der Waals surface area contributed by atoms with Gasteiger partial charge >= 0.3 is 5.63 Å². The van der Waals surface area contributed by atoms with E-state index >= 15 is 0 Å². The standard InChI is InChI=1S/C24H24N6O8S/c1-34-15-4-3-5-16(35-2)19(15)13-8-17(38-22(33)20(13)37-11-14(31)12-9-36-10-12)21(32)27-23-28-29-24(39-23)30-18(25)6-7-26-30/h3-8,12,14,31H,9-11,25H2,1-2H3,(H,27,28,32). The normalized spacial score (nSPS) is 13.9. The molecule has 0 aliphatic carbocycles. The molecule has 1 aromatic carbocycles. The molecule has 4 aromatic rings. The van der Waals surface area contributed by atoms with Gasteiger partial charge in [0, 0.05) is 17.5 Å². The lowest BCUT2D eigenvalue weighted by Crippen LogP contribution is -2.41. The lowest BCUT2D eigenvalue weighted by atomic mass is 10.0. The number of aliphatic hydroxyl groups excluding tert-OH is 1. The number of aliphatic hydroxyl groups is 1. The van der Waals surface area contributed by atoms with E-state index < -0.39 is 17.6 Å². The van der Waals surface area contributed by atoms with Crippen molar-refractivity contribution in [3.8, 4) is 33.5 Å². The number of methoxy groups -OCH3 is 2. The topological polar surface area (TPSA) is 186 Å². The van der Waals surface area contributed by atoms with Gasteiger partial charge in [0.15, 0.2) is 5.76 Å². The molecule has 0 radical (unpaired) electrons. The van der Waals surface area contributed by atoms with Crippen LogP contribution in [0.1, 0.15) is 10.6 Å². The monoisotopic (exact) mass is 556 g/mol. The first-order chi connectivity index (χ1) is 18.9. The minimum atomic E-state index is -0.940. The van der Waals surface area contributed by atoms with Crippen LogP contribution in [0.5, 0.6) is 17.2 Å². The van der Waals surface area contributed by atoms with Crippen LogP contribution in [0.25, 0.3) is 16.3 Å². The number of rotatable bonds is 10. The summed E-state index contributed by atoms with van der Waals surface area (Å²) >= 11 is 1.01. The second-order valence-corrected chi connectivity index (χ2v) is 9.32.